The number of fused-ring (bicyclic) bond motifs is 1. The van der Waals surface area contributed by atoms with Gasteiger partial charge in [-0.25, -0.2) is 4.57 Å². The van der Waals surface area contributed by atoms with Crippen LogP contribution in [0.15, 0.2) is 45.4 Å². The van der Waals surface area contributed by atoms with Crippen LogP contribution in [0.3, 0.4) is 0 Å². The van der Waals surface area contributed by atoms with Gasteiger partial charge in [0.25, 0.3) is 11.8 Å². The van der Waals surface area contributed by atoms with Crippen LogP contribution < -0.4 is 20.7 Å². The first-order valence-electron chi connectivity index (χ1n) is 8.95. The van der Waals surface area contributed by atoms with Crippen molar-refractivity contribution in [2.45, 2.75) is 18.0 Å². The second kappa shape index (κ2) is 8.84. The first-order valence-corrected chi connectivity index (χ1v) is 11.6. The van der Waals surface area contributed by atoms with Crippen LogP contribution in [0.1, 0.15) is 5.82 Å². The maximum atomic E-state index is 12.7. The molecule has 0 unspecified atom stereocenters. The zero-order valence-electron chi connectivity index (χ0n) is 16.0. The molecule has 2 aromatic heterocycles. The van der Waals surface area contributed by atoms with Crippen molar-refractivity contribution in [1.29, 1.82) is 0 Å². The molecule has 2 aliphatic rings. The Morgan fingerprint density at radius 1 is 1.44 bits per heavy atom. The minimum atomic E-state index is -1.47. The molecule has 0 radical (unpaired) electrons. The third kappa shape index (κ3) is 4.05. The molecule has 2 aliphatic heterocycles. The van der Waals surface area contributed by atoms with Crippen LogP contribution in [-0.2, 0) is 20.9 Å². The molecule has 0 bridgehead atoms. The summed E-state index contributed by atoms with van der Waals surface area (Å²) in [6, 6.07) is 2.60. The summed E-state index contributed by atoms with van der Waals surface area (Å²) >= 11 is 5.45. The molecule has 2 atom stereocenters. The monoisotopic (exact) mass is 539 g/mol. The number of pyridine rings is 1. The molecule has 0 aliphatic carbocycles. The maximum absolute atomic E-state index is 12.7. The second-order valence-corrected chi connectivity index (χ2v) is 9.50. The Balaban J connectivity index is 1.52. The average molecular weight is 540 g/mol. The van der Waals surface area contributed by atoms with Gasteiger partial charge in [-0.05, 0) is 0 Å². The van der Waals surface area contributed by atoms with Crippen molar-refractivity contribution in [2.24, 2.45) is 5.16 Å². The molecule has 4 heterocycles. The lowest BCUT2D eigenvalue weighted by Crippen LogP contribution is -2.71. The first-order chi connectivity index (χ1) is 15.3. The molecule has 2 aromatic rings. The minimum Gasteiger partial charge on any atom is -0.543 e. The number of oxime groups is 1. The standard InChI is InChI=1S/C17H14BrN7O5S2/c18-8-1-3-24(4-2-8)5-7-6-31-15-10(14(27)25(15)11(7)16(28)29)20-13(26)9(22-30)12-21-17(19)32-23-12/h1-4,10,15H,5-6H2,(H4-,19,20,21,23,26,28,29,30)/t10-,15+/m1/s1. The number of hydrogen-bond acceptors (Lipinski definition) is 11. The van der Waals surface area contributed by atoms with E-state index in [1.54, 1.807) is 17.0 Å². The first kappa shape index (κ1) is 22.2. The highest BCUT2D eigenvalue weighted by atomic mass is 79.9. The molecule has 2 amide bonds. The Hall–Kier alpha value is -3.04. The molecule has 1 fully saturated rings. The average Bonchev–Trinajstić information content (AvgIpc) is 3.19. The number of nitrogen functional groups attached to an aromatic ring is 1. The Morgan fingerprint density at radius 2 is 2.16 bits per heavy atom. The number of aromatic nitrogens is 3. The van der Waals surface area contributed by atoms with Crippen molar-refractivity contribution in [3.05, 3.63) is 46.1 Å². The van der Waals surface area contributed by atoms with Crippen LogP contribution in [0.2, 0.25) is 0 Å². The quantitative estimate of drug-likeness (QED) is 0.129. The molecular weight excluding hydrogens is 526 g/mol. The number of nitrogens with zero attached hydrogens (tertiary/aromatic N) is 5. The number of carbonyl (C=O) groups is 3. The largest absolute Gasteiger partial charge is 0.543 e. The van der Waals surface area contributed by atoms with E-state index in [0.717, 1.165) is 20.9 Å². The molecule has 0 aromatic carbocycles. The highest BCUT2D eigenvalue weighted by molar-refractivity contribution is 9.10. The number of nitrogens with two attached hydrogens (primary N) is 1. The van der Waals surface area contributed by atoms with Crippen LogP contribution in [0.25, 0.3) is 0 Å². The number of β-lactam (4-membered cyclic amide) rings is 1. The highest BCUT2D eigenvalue weighted by Gasteiger charge is 2.53. The molecule has 0 saturated carbocycles. The number of hydrogen-bond donors (Lipinski definition) is 3. The number of halogens is 1. The lowest BCUT2D eigenvalue weighted by atomic mass is 10.0. The molecule has 166 valence electrons. The van der Waals surface area contributed by atoms with Crippen molar-refractivity contribution in [3.63, 3.8) is 0 Å². The molecule has 1 saturated heterocycles. The zero-order chi connectivity index (χ0) is 23.0. The van der Waals surface area contributed by atoms with E-state index in [2.05, 4.69) is 35.8 Å². The summed E-state index contributed by atoms with van der Waals surface area (Å²) in [4.78, 5) is 42.0. The number of nitrogens with one attached hydrogen (secondary N) is 1. The number of carboxylic acids is 1. The van der Waals surface area contributed by atoms with Gasteiger partial charge in [0, 0.05) is 39.5 Å². The molecule has 0 spiro atoms. The van der Waals surface area contributed by atoms with Crippen LogP contribution in [0.5, 0.6) is 0 Å². The minimum absolute atomic E-state index is 0.0718. The van der Waals surface area contributed by atoms with Crippen molar-refractivity contribution in [2.75, 3.05) is 11.5 Å². The number of carboxylic acid groups (broad SMARTS) is 1. The summed E-state index contributed by atoms with van der Waals surface area (Å²) < 4.78 is 6.46. The number of thioether (sulfide) groups is 1. The van der Waals surface area contributed by atoms with E-state index in [1.807, 2.05) is 12.1 Å². The van der Waals surface area contributed by atoms with E-state index in [0.29, 0.717) is 11.3 Å². The number of amides is 2. The Kier molecular flexibility index (Phi) is 6.12. The van der Waals surface area contributed by atoms with Gasteiger partial charge < -0.3 is 26.2 Å². The van der Waals surface area contributed by atoms with E-state index in [4.69, 9.17) is 5.73 Å². The fourth-order valence-electron chi connectivity index (χ4n) is 3.29. The predicted octanol–water partition coefficient (Wildman–Crippen LogP) is -1.55. The summed E-state index contributed by atoms with van der Waals surface area (Å²) in [5.41, 5.74) is 5.28. The number of rotatable bonds is 6. The third-order valence-electron chi connectivity index (χ3n) is 4.72. The van der Waals surface area contributed by atoms with Crippen LogP contribution in [-0.4, -0.2) is 60.1 Å². The second-order valence-electron chi connectivity index (χ2n) is 6.69. The summed E-state index contributed by atoms with van der Waals surface area (Å²) in [6.07, 6.45) is 3.55. The molecule has 15 heteroatoms. The van der Waals surface area contributed by atoms with Gasteiger partial charge in [0.2, 0.25) is 11.5 Å². The number of aliphatic carboxylic acids is 1. The Labute approximate surface area is 197 Å². The fraction of sp³-hybridized carbons (Fsp3) is 0.235. The van der Waals surface area contributed by atoms with E-state index in [-0.39, 0.29) is 23.2 Å². The van der Waals surface area contributed by atoms with Gasteiger partial charge in [0.15, 0.2) is 24.1 Å². The fourth-order valence-corrected chi connectivity index (χ4v) is 5.30. The zero-order valence-corrected chi connectivity index (χ0v) is 19.2. The van der Waals surface area contributed by atoms with Gasteiger partial charge in [-0.1, -0.05) is 21.1 Å². The summed E-state index contributed by atoms with van der Waals surface area (Å²) in [6.45, 7) is 0.259. The number of anilines is 1. The van der Waals surface area contributed by atoms with Gasteiger partial charge in [-0.15, -0.1) is 11.8 Å². The Bertz CT molecular complexity index is 1170. The normalized spacial score (nSPS) is 20.6. The molecule has 4 rings (SSSR count). The summed E-state index contributed by atoms with van der Waals surface area (Å²) in [5, 5.41) is 25.8. The summed E-state index contributed by atoms with van der Waals surface area (Å²) in [7, 11) is 0. The van der Waals surface area contributed by atoms with Gasteiger partial charge in [-0.2, -0.15) is 9.36 Å². The molecular formula is C17H14BrN7O5S2. The topological polar surface area (TPSA) is 178 Å². The van der Waals surface area contributed by atoms with Crippen molar-refractivity contribution < 1.29 is 29.3 Å². The number of carbonyl (C=O) groups excluding carboxylic acids is 3. The van der Waals surface area contributed by atoms with Crippen molar-refractivity contribution >= 4 is 67.9 Å². The SMILES string of the molecule is Nc1nc(/C(=N/O)C(=O)N[C@@H]2C(=O)N3C(C(=O)[O-])=C(C[n+]4ccc(Br)cc4)CS[C@@H]23)ns1. The Morgan fingerprint density at radius 3 is 2.75 bits per heavy atom. The van der Waals surface area contributed by atoms with Gasteiger partial charge >= 0.3 is 0 Å². The van der Waals surface area contributed by atoms with E-state index < -0.39 is 34.9 Å². The van der Waals surface area contributed by atoms with Crippen LogP contribution in [0.4, 0.5) is 5.13 Å². The maximum Gasteiger partial charge on any atom is 0.278 e. The van der Waals surface area contributed by atoms with E-state index >= 15 is 0 Å². The summed E-state index contributed by atoms with van der Waals surface area (Å²) in [5.74, 6) is -2.84. The van der Waals surface area contributed by atoms with Crippen LogP contribution in [0, 0.1) is 0 Å². The van der Waals surface area contributed by atoms with Gasteiger partial charge in [0.05, 0.1) is 11.7 Å². The lowest BCUT2D eigenvalue weighted by molar-refractivity contribution is -0.689. The van der Waals surface area contributed by atoms with E-state index in [9.17, 15) is 24.7 Å². The van der Waals surface area contributed by atoms with Crippen molar-refractivity contribution in [1.82, 2.24) is 19.6 Å². The molecule has 12 nitrogen and oxygen atoms in total. The van der Waals surface area contributed by atoms with Gasteiger partial charge in [-0.3, -0.25) is 14.5 Å². The van der Waals surface area contributed by atoms with Gasteiger partial charge in [0.1, 0.15) is 11.4 Å². The highest BCUT2D eigenvalue weighted by Crippen LogP contribution is 2.40. The third-order valence-corrected chi connectivity index (χ3v) is 7.13. The molecule has 4 N–H and O–H groups in total. The van der Waals surface area contributed by atoms with E-state index in [1.165, 1.54) is 11.8 Å². The predicted molar refractivity (Wildman–Crippen MR) is 114 cm³/mol. The van der Waals surface area contributed by atoms with Crippen LogP contribution >= 0.6 is 39.2 Å². The smallest absolute Gasteiger partial charge is 0.278 e. The van der Waals surface area contributed by atoms with Crippen molar-refractivity contribution in [3.8, 4) is 0 Å². The molecule has 32 heavy (non-hydrogen) atoms. The lowest BCUT2D eigenvalue weighted by Gasteiger charge is -2.50.